The van der Waals surface area contributed by atoms with Gasteiger partial charge in [-0.05, 0) is 24.3 Å². The lowest BCUT2D eigenvalue weighted by Crippen LogP contribution is -2.26. The molecule has 2 unspecified atom stereocenters. The summed E-state index contributed by atoms with van der Waals surface area (Å²) in [6.45, 7) is 9.44. The van der Waals surface area contributed by atoms with Gasteiger partial charge in [0.25, 0.3) is 0 Å². The van der Waals surface area contributed by atoms with Crippen LogP contribution in [0.1, 0.15) is 39.0 Å². The fraction of sp³-hybridized carbons (Fsp3) is 0.857. The molecule has 1 fully saturated rings. The first kappa shape index (κ1) is 14.0. The van der Waals surface area contributed by atoms with Crippen LogP contribution in [0.5, 0.6) is 0 Å². The summed E-state index contributed by atoms with van der Waals surface area (Å²) in [7, 11) is -1.07. The summed E-state index contributed by atoms with van der Waals surface area (Å²) in [5, 5.41) is 10.1. The fourth-order valence-corrected chi connectivity index (χ4v) is 2.89. The molecular weight excluding hydrogens is 212 g/mol. The van der Waals surface area contributed by atoms with E-state index in [1.54, 1.807) is 0 Å². The largest absolute Gasteiger partial charge is 0.389 e. The molecule has 16 heavy (non-hydrogen) atoms. The van der Waals surface area contributed by atoms with Gasteiger partial charge in [0.2, 0.25) is 0 Å². The highest BCUT2D eigenvalue weighted by Gasteiger charge is 2.22. The summed E-state index contributed by atoms with van der Waals surface area (Å²) in [4.78, 5) is 0. The van der Waals surface area contributed by atoms with E-state index in [0.717, 1.165) is 0 Å². The number of rotatable bonds is 4. The van der Waals surface area contributed by atoms with Gasteiger partial charge >= 0.3 is 0 Å². The molecule has 1 aliphatic rings. The molecule has 1 aliphatic carbocycles. The molecular formula is C14H28OSi. The van der Waals surface area contributed by atoms with Crippen LogP contribution in [-0.4, -0.2) is 19.3 Å². The van der Waals surface area contributed by atoms with Gasteiger partial charge in [0, 0.05) is 0 Å². The van der Waals surface area contributed by atoms with E-state index in [1.165, 1.54) is 32.1 Å². The second kappa shape index (κ2) is 6.01. The van der Waals surface area contributed by atoms with Crippen LogP contribution in [0.25, 0.3) is 0 Å². The van der Waals surface area contributed by atoms with Crippen molar-refractivity contribution in [3.63, 3.8) is 0 Å². The third-order valence-electron chi connectivity index (χ3n) is 4.10. The first-order valence-corrected chi connectivity index (χ1v) is 10.4. The van der Waals surface area contributed by atoms with Crippen molar-refractivity contribution in [1.29, 1.82) is 0 Å². The lowest BCUT2D eigenvalue weighted by Gasteiger charge is -2.26. The maximum Gasteiger partial charge on any atom is 0.0749 e. The minimum Gasteiger partial charge on any atom is -0.389 e. The molecule has 0 spiro atoms. The molecule has 2 heteroatoms. The normalized spacial score (nSPS) is 23.6. The average Bonchev–Trinajstić information content (AvgIpc) is 2.25. The predicted molar refractivity (Wildman–Crippen MR) is 74.5 cm³/mol. The molecule has 0 aromatic heterocycles. The van der Waals surface area contributed by atoms with E-state index in [-0.39, 0.29) is 6.10 Å². The summed E-state index contributed by atoms with van der Waals surface area (Å²) in [6.07, 6.45) is 10.5. The topological polar surface area (TPSA) is 20.2 Å². The van der Waals surface area contributed by atoms with Crippen LogP contribution < -0.4 is 0 Å². The third kappa shape index (κ3) is 4.42. The van der Waals surface area contributed by atoms with Gasteiger partial charge in [0.15, 0.2) is 0 Å². The Balaban J connectivity index is 2.43. The molecule has 0 aromatic rings. The molecule has 1 rings (SSSR count). The van der Waals surface area contributed by atoms with Crippen molar-refractivity contribution in [2.24, 2.45) is 5.92 Å². The van der Waals surface area contributed by atoms with Crippen molar-refractivity contribution in [2.75, 3.05) is 0 Å². The molecule has 0 bridgehead atoms. The lowest BCUT2D eigenvalue weighted by atomic mass is 9.85. The van der Waals surface area contributed by atoms with Crippen LogP contribution in [0.15, 0.2) is 12.2 Å². The Hall–Kier alpha value is -0.0831. The van der Waals surface area contributed by atoms with Crippen LogP contribution in [0.2, 0.25) is 25.2 Å². The average molecular weight is 240 g/mol. The van der Waals surface area contributed by atoms with Gasteiger partial charge in [-0.15, -0.1) is 0 Å². The van der Waals surface area contributed by atoms with E-state index in [9.17, 15) is 5.11 Å². The van der Waals surface area contributed by atoms with Gasteiger partial charge in [-0.2, -0.15) is 0 Å². The lowest BCUT2D eigenvalue weighted by molar-refractivity contribution is 0.125. The van der Waals surface area contributed by atoms with Gasteiger partial charge in [0.1, 0.15) is 0 Å². The first-order chi connectivity index (χ1) is 7.41. The molecule has 0 heterocycles. The molecule has 1 N–H and O–H groups in total. The highest BCUT2D eigenvalue weighted by Crippen LogP contribution is 2.28. The minimum absolute atomic E-state index is 0.195. The molecule has 0 saturated heterocycles. The Bertz CT molecular complexity index is 223. The van der Waals surface area contributed by atoms with Crippen LogP contribution >= 0.6 is 0 Å². The Morgan fingerprint density at radius 1 is 1.06 bits per heavy atom. The summed E-state index contributed by atoms with van der Waals surface area (Å²) < 4.78 is 0. The molecule has 1 nitrogen and oxygen atoms in total. The Kier molecular flexibility index (Phi) is 5.26. The summed E-state index contributed by atoms with van der Waals surface area (Å²) >= 11 is 0. The van der Waals surface area contributed by atoms with Gasteiger partial charge in [-0.3, -0.25) is 0 Å². The van der Waals surface area contributed by atoms with Crippen molar-refractivity contribution < 1.29 is 5.11 Å². The van der Waals surface area contributed by atoms with E-state index >= 15 is 0 Å². The van der Waals surface area contributed by atoms with Gasteiger partial charge in [-0.1, -0.05) is 58.0 Å². The van der Waals surface area contributed by atoms with Gasteiger partial charge in [-0.25, -0.2) is 0 Å². The SMILES string of the molecule is CC(/C=C/C(O)C1CCCCC1)[Si](C)(C)C. The number of aliphatic hydroxyl groups is 1. The van der Waals surface area contributed by atoms with Crippen LogP contribution in [-0.2, 0) is 0 Å². The standard InChI is InChI=1S/C14H28OSi/c1-12(16(2,3)4)10-11-14(15)13-8-6-5-7-9-13/h10-15H,5-9H2,1-4H3/b11-10+. The zero-order valence-electron chi connectivity index (χ0n) is 11.4. The van der Waals surface area contributed by atoms with Crippen LogP contribution in [0, 0.1) is 5.92 Å². The molecule has 0 radical (unpaired) electrons. The van der Waals surface area contributed by atoms with Gasteiger partial charge in [0.05, 0.1) is 14.2 Å². The summed E-state index contributed by atoms with van der Waals surface area (Å²) in [5.41, 5.74) is 0.658. The minimum atomic E-state index is -1.07. The molecule has 2 atom stereocenters. The predicted octanol–water partition coefficient (Wildman–Crippen LogP) is 4.21. The zero-order chi connectivity index (χ0) is 12.2. The zero-order valence-corrected chi connectivity index (χ0v) is 12.4. The van der Waals surface area contributed by atoms with Crippen LogP contribution in [0.3, 0.4) is 0 Å². The number of allylic oxidation sites excluding steroid dienone is 1. The van der Waals surface area contributed by atoms with Crippen molar-refractivity contribution in [3.8, 4) is 0 Å². The highest BCUT2D eigenvalue weighted by atomic mass is 28.3. The smallest absolute Gasteiger partial charge is 0.0749 e. The first-order valence-electron chi connectivity index (χ1n) is 6.77. The van der Waals surface area contributed by atoms with E-state index < -0.39 is 8.07 Å². The quantitative estimate of drug-likeness (QED) is 0.576. The molecule has 1 saturated carbocycles. The van der Waals surface area contributed by atoms with Crippen molar-refractivity contribution in [1.82, 2.24) is 0 Å². The van der Waals surface area contributed by atoms with E-state index in [1.807, 2.05) is 0 Å². The van der Waals surface area contributed by atoms with Crippen LogP contribution in [0.4, 0.5) is 0 Å². The second-order valence-electron chi connectivity index (χ2n) is 6.43. The van der Waals surface area contributed by atoms with E-state index in [4.69, 9.17) is 0 Å². The van der Waals surface area contributed by atoms with Crippen molar-refractivity contribution in [2.45, 2.75) is 70.3 Å². The monoisotopic (exact) mass is 240 g/mol. The Labute approximate surface area is 102 Å². The van der Waals surface area contributed by atoms with Gasteiger partial charge < -0.3 is 5.11 Å². The summed E-state index contributed by atoms with van der Waals surface area (Å²) in [5.74, 6) is 0.527. The maximum atomic E-state index is 10.1. The molecule has 0 aliphatic heterocycles. The number of hydrogen-bond acceptors (Lipinski definition) is 1. The molecule has 0 aromatic carbocycles. The summed E-state index contributed by atoms with van der Waals surface area (Å²) in [6, 6.07) is 0. The van der Waals surface area contributed by atoms with Crippen molar-refractivity contribution >= 4 is 8.07 Å². The van der Waals surface area contributed by atoms with E-state index in [0.29, 0.717) is 11.5 Å². The molecule has 94 valence electrons. The highest BCUT2D eigenvalue weighted by molar-refractivity contribution is 6.77. The number of hydrogen-bond donors (Lipinski definition) is 1. The number of aliphatic hydroxyl groups excluding tert-OH is 1. The third-order valence-corrected chi connectivity index (χ3v) is 7.02. The fourth-order valence-electron chi connectivity index (χ4n) is 2.20. The van der Waals surface area contributed by atoms with E-state index in [2.05, 4.69) is 38.7 Å². The maximum absolute atomic E-state index is 10.1. The van der Waals surface area contributed by atoms with Crippen molar-refractivity contribution in [3.05, 3.63) is 12.2 Å². The Morgan fingerprint density at radius 3 is 2.12 bits per heavy atom. The Morgan fingerprint density at radius 2 is 1.62 bits per heavy atom. The second-order valence-corrected chi connectivity index (χ2v) is 12.1. The molecule has 0 amide bonds.